The molecule has 4 atom stereocenters. The second-order valence-electron chi connectivity index (χ2n) is 16.4. The molecule has 0 heteroatoms. The quantitative estimate of drug-likeness (QED) is 0.391. The molecule has 12 bridgehead atoms. The SMILES string of the molecule is C#CC12CC3CC(C1)CC(C14CC5CC(CC(C67CC8CC(CC(C8)C6)C7)(C5)C1)C4)(C3)C2. The first-order chi connectivity index (χ1) is 15.4. The van der Waals surface area contributed by atoms with Crippen LogP contribution in [0.15, 0.2) is 0 Å². The van der Waals surface area contributed by atoms with E-state index in [-0.39, 0.29) is 0 Å². The van der Waals surface area contributed by atoms with Gasteiger partial charge in [0.2, 0.25) is 0 Å². The number of hydrogen-bond acceptors (Lipinski definition) is 0. The van der Waals surface area contributed by atoms with Gasteiger partial charge in [0.05, 0.1) is 0 Å². The molecule has 0 aromatic heterocycles. The van der Waals surface area contributed by atoms with Crippen LogP contribution in [0.25, 0.3) is 0 Å². The number of terminal acetylenes is 1. The van der Waals surface area contributed by atoms with Crippen molar-refractivity contribution in [1.29, 1.82) is 0 Å². The highest BCUT2D eigenvalue weighted by atomic mass is 14.8. The molecule has 172 valence electrons. The van der Waals surface area contributed by atoms with Gasteiger partial charge >= 0.3 is 0 Å². The molecule has 12 aliphatic carbocycles. The average Bonchev–Trinajstić information content (AvgIpc) is 2.71. The Labute approximate surface area is 196 Å². The maximum atomic E-state index is 6.36. The fourth-order valence-corrected chi connectivity index (χ4v) is 15.3. The molecule has 12 fully saturated rings. The first-order valence-corrected chi connectivity index (χ1v) is 14.9. The van der Waals surface area contributed by atoms with Gasteiger partial charge in [-0.05, 0) is 179 Å². The Balaban J connectivity index is 1.16. The third-order valence-electron chi connectivity index (χ3n) is 14.7. The third kappa shape index (κ3) is 2.08. The molecule has 0 heterocycles. The first-order valence-electron chi connectivity index (χ1n) is 14.9. The molecule has 0 nitrogen and oxygen atoms in total. The van der Waals surface area contributed by atoms with E-state index < -0.39 is 0 Å². The van der Waals surface area contributed by atoms with Crippen molar-refractivity contribution < 1.29 is 0 Å². The lowest BCUT2D eigenvalue weighted by atomic mass is 9.27. The van der Waals surface area contributed by atoms with Gasteiger partial charge in [-0.2, -0.15) is 0 Å². The van der Waals surface area contributed by atoms with Crippen molar-refractivity contribution in [3.63, 3.8) is 0 Å². The van der Waals surface area contributed by atoms with E-state index in [1.807, 2.05) is 0 Å². The fourth-order valence-electron chi connectivity index (χ4n) is 15.3. The van der Waals surface area contributed by atoms with Gasteiger partial charge < -0.3 is 0 Å². The molecule has 4 unspecified atom stereocenters. The molecule has 12 aliphatic rings. The van der Waals surface area contributed by atoms with Gasteiger partial charge in [-0.3, -0.25) is 0 Å². The van der Waals surface area contributed by atoms with Crippen LogP contribution in [0.3, 0.4) is 0 Å². The minimum Gasteiger partial charge on any atom is -0.120 e. The topological polar surface area (TPSA) is 0 Å². The molecular weight excluding hydrogens is 384 g/mol. The zero-order valence-electron chi connectivity index (χ0n) is 20.3. The summed E-state index contributed by atoms with van der Waals surface area (Å²) in [6.45, 7) is 0. The summed E-state index contributed by atoms with van der Waals surface area (Å²) in [5.74, 6) is 11.0. The summed E-state index contributed by atoms with van der Waals surface area (Å²) in [4.78, 5) is 0. The van der Waals surface area contributed by atoms with Crippen molar-refractivity contribution >= 4 is 0 Å². The summed E-state index contributed by atoms with van der Waals surface area (Å²) in [6, 6.07) is 0. The van der Waals surface area contributed by atoms with Gasteiger partial charge in [0.15, 0.2) is 0 Å². The maximum absolute atomic E-state index is 6.36. The van der Waals surface area contributed by atoms with Crippen molar-refractivity contribution in [3.05, 3.63) is 0 Å². The highest BCUT2D eigenvalue weighted by Gasteiger charge is 2.73. The van der Waals surface area contributed by atoms with Crippen LogP contribution in [0, 0.1) is 80.8 Å². The van der Waals surface area contributed by atoms with Crippen LogP contribution >= 0.6 is 0 Å². The highest BCUT2D eigenvalue weighted by molar-refractivity contribution is 5.26. The summed E-state index contributed by atoms with van der Waals surface area (Å²) in [5, 5.41) is 0. The number of rotatable bonds is 2. The van der Waals surface area contributed by atoms with Gasteiger partial charge in [0.1, 0.15) is 0 Å². The Morgan fingerprint density at radius 3 is 1.22 bits per heavy atom. The Bertz CT molecular complexity index is 850. The average molecular weight is 429 g/mol. The Morgan fingerprint density at radius 1 is 0.406 bits per heavy atom. The van der Waals surface area contributed by atoms with Gasteiger partial charge in [-0.1, -0.05) is 5.92 Å². The highest BCUT2D eigenvalue weighted by Crippen LogP contribution is 2.82. The van der Waals surface area contributed by atoms with Gasteiger partial charge in [0.25, 0.3) is 0 Å². The van der Waals surface area contributed by atoms with Crippen molar-refractivity contribution in [2.24, 2.45) is 68.5 Å². The smallest absolute Gasteiger partial charge is 0.0322 e. The van der Waals surface area contributed by atoms with Crippen LogP contribution in [0.1, 0.15) is 116 Å². The predicted molar refractivity (Wildman–Crippen MR) is 129 cm³/mol. The van der Waals surface area contributed by atoms with Crippen molar-refractivity contribution in [3.8, 4) is 12.3 Å². The van der Waals surface area contributed by atoms with Crippen LogP contribution in [-0.2, 0) is 0 Å². The minimum absolute atomic E-state index is 0.307. The molecule has 0 aliphatic heterocycles. The minimum atomic E-state index is 0.307. The van der Waals surface area contributed by atoms with E-state index in [0.29, 0.717) is 16.2 Å². The van der Waals surface area contributed by atoms with Crippen LogP contribution in [-0.4, -0.2) is 0 Å². The molecule has 0 spiro atoms. The maximum Gasteiger partial charge on any atom is 0.0322 e. The zero-order valence-corrected chi connectivity index (χ0v) is 20.3. The lowest BCUT2D eigenvalue weighted by molar-refractivity contribution is -0.271. The van der Waals surface area contributed by atoms with Crippen LogP contribution in [0.5, 0.6) is 0 Å². The van der Waals surface area contributed by atoms with Gasteiger partial charge in [0, 0.05) is 5.41 Å². The monoisotopic (exact) mass is 428 g/mol. The molecule has 12 saturated carbocycles. The summed E-state index contributed by atoms with van der Waals surface area (Å²) in [6.07, 6.45) is 34.9. The summed E-state index contributed by atoms with van der Waals surface area (Å²) < 4.78 is 0. The second kappa shape index (κ2) is 5.52. The third-order valence-corrected chi connectivity index (χ3v) is 14.7. The molecule has 0 aromatic rings. The van der Waals surface area contributed by atoms with E-state index in [4.69, 9.17) is 6.42 Å². The molecule has 0 radical (unpaired) electrons. The van der Waals surface area contributed by atoms with Crippen LogP contribution in [0.4, 0.5) is 0 Å². The Morgan fingerprint density at radius 2 is 0.750 bits per heavy atom. The summed E-state index contributed by atoms with van der Waals surface area (Å²) >= 11 is 0. The van der Waals surface area contributed by atoms with Crippen molar-refractivity contribution in [1.82, 2.24) is 0 Å². The fraction of sp³-hybridized carbons (Fsp3) is 0.938. The van der Waals surface area contributed by atoms with Crippen LogP contribution < -0.4 is 0 Å². The van der Waals surface area contributed by atoms with E-state index in [1.54, 1.807) is 89.9 Å². The standard InChI is InChI=1S/C32H44/c1-2-28-8-24-6-25(9-28)14-30(13-24,19-28)32-17-26-7-27(18-32)16-31(15-26,20-32)29-10-21-3-22(11-29)5-23(4-21)12-29/h1,21-27H,3-20H2. The van der Waals surface area contributed by atoms with Crippen LogP contribution in [0.2, 0.25) is 0 Å². The molecule has 12 rings (SSSR count). The van der Waals surface area contributed by atoms with Gasteiger partial charge in [-0.25, -0.2) is 0 Å². The summed E-state index contributed by atoms with van der Waals surface area (Å²) in [5.41, 5.74) is 3.17. The lowest BCUT2D eigenvalue weighted by Crippen LogP contribution is -2.68. The molecule has 0 N–H and O–H groups in total. The Hall–Kier alpha value is -0.440. The normalized spacial score (nSPS) is 67.3. The largest absolute Gasteiger partial charge is 0.120 e. The molecule has 32 heavy (non-hydrogen) atoms. The van der Waals surface area contributed by atoms with Gasteiger partial charge in [-0.15, -0.1) is 6.42 Å². The second-order valence-corrected chi connectivity index (χ2v) is 16.4. The first kappa shape index (κ1) is 18.8. The van der Waals surface area contributed by atoms with E-state index in [9.17, 15) is 0 Å². The zero-order chi connectivity index (χ0) is 21.0. The van der Waals surface area contributed by atoms with E-state index in [0.717, 1.165) is 52.3 Å². The Kier molecular flexibility index (Phi) is 3.25. The predicted octanol–water partition coefficient (Wildman–Crippen LogP) is 8.01. The lowest BCUT2D eigenvalue weighted by Gasteiger charge is -2.77. The molecule has 0 saturated heterocycles. The van der Waals surface area contributed by atoms with E-state index >= 15 is 0 Å². The van der Waals surface area contributed by atoms with E-state index in [1.165, 1.54) is 25.7 Å². The van der Waals surface area contributed by atoms with Crippen molar-refractivity contribution in [2.75, 3.05) is 0 Å². The summed E-state index contributed by atoms with van der Waals surface area (Å²) in [7, 11) is 0. The number of hydrogen-bond donors (Lipinski definition) is 0. The molecule has 0 amide bonds. The molecule has 0 aromatic carbocycles. The van der Waals surface area contributed by atoms with E-state index in [2.05, 4.69) is 5.92 Å². The molecular formula is C32H44. The van der Waals surface area contributed by atoms with Crippen molar-refractivity contribution in [2.45, 2.75) is 116 Å².